The molecule has 1 heterocycles. The van der Waals surface area contributed by atoms with Gasteiger partial charge in [-0.05, 0) is 11.8 Å². The number of aliphatic carboxylic acids is 1. The average molecular weight is 279 g/mol. The molecule has 7 heteroatoms. The molecule has 1 amide bonds. The first-order valence-electron chi connectivity index (χ1n) is 6.12. The molecule has 1 saturated carbocycles. The van der Waals surface area contributed by atoms with E-state index in [1.165, 1.54) is 0 Å². The second-order valence-corrected chi connectivity index (χ2v) is 6.08. The van der Waals surface area contributed by atoms with Gasteiger partial charge in [-0.15, -0.1) is 0 Å². The Bertz CT molecular complexity index is 419. The van der Waals surface area contributed by atoms with Crippen molar-refractivity contribution in [3.05, 3.63) is 0 Å². The highest BCUT2D eigenvalue weighted by Gasteiger charge is 2.57. The van der Waals surface area contributed by atoms with E-state index in [1.807, 2.05) is 13.8 Å². The molecule has 1 aliphatic heterocycles. The first-order valence-corrected chi connectivity index (χ1v) is 6.12. The van der Waals surface area contributed by atoms with E-state index >= 15 is 0 Å². The molecule has 19 heavy (non-hydrogen) atoms. The summed E-state index contributed by atoms with van der Waals surface area (Å²) in [7, 11) is 0. The molecular weight excluding hydrogens is 263 g/mol. The SMILES string of the molecule is CC1(C)C[C@@H]1C(=O)N1C[C@@H](C(F)(F)F)[C@H](C(=O)O)C1. The summed E-state index contributed by atoms with van der Waals surface area (Å²) < 4.78 is 38.3. The maximum absolute atomic E-state index is 12.8. The summed E-state index contributed by atoms with van der Waals surface area (Å²) in [5, 5.41) is 8.87. The quantitative estimate of drug-likeness (QED) is 0.838. The smallest absolute Gasteiger partial charge is 0.394 e. The van der Waals surface area contributed by atoms with Gasteiger partial charge in [0.05, 0.1) is 11.8 Å². The third-order valence-electron chi connectivity index (χ3n) is 4.18. The minimum Gasteiger partial charge on any atom is -0.481 e. The van der Waals surface area contributed by atoms with E-state index in [0.29, 0.717) is 6.42 Å². The van der Waals surface area contributed by atoms with Crippen molar-refractivity contribution in [3.8, 4) is 0 Å². The topological polar surface area (TPSA) is 57.6 Å². The van der Waals surface area contributed by atoms with Crippen molar-refractivity contribution in [2.75, 3.05) is 13.1 Å². The zero-order valence-electron chi connectivity index (χ0n) is 10.7. The van der Waals surface area contributed by atoms with Crippen LogP contribution in [-0.4, -0.2) is 41.1 Å². The highest BCUT2D eigenvalue weighted by Crippen LogP contribution is 2.53. The molecule has 0 aromatic carbocycles. The van der Waals surface area contributed by atoms with Crippen LogP contribution in [0.5, 0.6) is 0 Å². The molecule has 0 radical (unpaired) electrons. The Labute approximate surface area is 108 Å². The predicted molar refractivity (Wildman–Crippen MR) is 59.1 cm³/mol. The van der Waals surface area contributed by atoms with Crippen molar-refractivity contribution >= 4 is 11.9 Å². The Hall–Kier alpha value is -1.27. The van der Waals surface area contributed by atoms with Gasteiger partial charge < -0.3 is 10.0 Å². The minimum absolute atomic E-state index is 0.174. The molecule has 0 aromatic rings. The molecule has 1 saturated heterocycles. The molecule has 0 spiro atoms. The van der Waals surface area contributed by atoms with Crippen molar-refractivity contribution in [2.45, 2.75) is 26.4 Å². The van der Waals surface area contributed by atoms with Gasteiger partial charge in [-0.3, -0.25) is 9.59 Å². The molecule has 3 atom stereocenters. The molecule has 108 valence electrons. The van der Waals surface area contributed by atoms with Gasteiger partial charge in [0, 0.05) is 19.0 Å². The van der Waals surface area contributed by atoms with Crippen LogP contribution in [0, 0.1) is 23.2 Å². The van der Waals surface area contributed by atoms with Gasteiger partial charge in [0.15, 0.2) is 0 Å². The van der Waals surface area contributed by atoms with E-state index in [9.17, 15) is 22.8 Å². The lowest BCUT2D eigenvalue weighted by molar-refractivity contribution is -0.188. The molecule has 2 aliphatic rings. The monoisotopic (exact) mass is 279 g/mol. The number of carbonyl (C=O) groups excluding carboxylic acids is 1. The summed E-state index contributed by atoms with van der Waals surface area (Å²) in [5.74, 6) is -5.62. The molecule has 0 unspecified atom stereocenters. The van der Waals surface area contributed by atoms with Gasteiger partial charge >= 0.3 is 12.1 Å². The lowest BCUT2D eigenvalue weighted by atomic mass is 9.96. The molecule has 0 bridgehead atoms. The summed E-state index contributed by atoms with van der Waals surface area (Å²) in [5.41, 5.74) is -0.174. The predicted octanol–water partition coefficient (Wildman–Crippen LogP) is 1.75. The maximum atomic E-state index is 12.8. The average Bonchev–Trinajstić information content (AvgIpc) is 2.74. The number of carboxylic acids is 1. The van der Waals surface area contributed by atoms with Gasteiger partial charge in [0.2, 0.25) is 5.91 Å². The van der Waals surface area contributed by atoms with E-state index in [-0.39, 0.29) is 23.8 Å². The third-order valence-corrected chi connectivity index (χ3v) is 4.18. The number of nitrogens with zero attached hydrogens (tertiary/aromatic N) is 1. The second kappa shape index (κ2) is 4.11. The lowest BCUT2D eigenvalue weighted by Gasteiger charge is -2.18. The Morgan fingerprint density at radius 3 is 2.11 bits per heavy atom. The van der Waals surface area contributed by atoms with Crippen LogP contribution < -0.4 is 0 Å². The van der Waals surface area contributed by atoms with Crippen LogP contribution >= 0.6 is 0 Å². The van der Waals surface area contributed by atoms with Crippen molar-refractivity contribution in [3.63, 3.8) is 0 Å². The number of carboxylic acid groups (broad SMARTS) is 1. The fraction of sp³-hybridized carbons (Fsp3) is 0.833. The van der Waals surface area contributed by atoms with Crippen LogP contribution in [0.1, 0.15) is 20.3 Å². The third kappa shape index (κ3) is 2.55. The Morgan fingerprint density at radius 1 is 1.26 bits per heavy atom. The van der Waals surface area contributed by atoms with Crippen LogP contribution in [0.2, 0.25) is 0 Å². The van der Waals surface area contributed by atoms with E-state index < -0.39 is 30.5 Å². The number of hydrogen-bond acceptors (Lipinski definition) is 2. The van der Waals surface area contributed by atoms with E-state index in [1.54, 1.807) is 0 Å². The number of halogens is 3. The summed E-state index contributed by atoms with van der Waals surface area (Å²) in [4.78, 5) is 24.0. The van der Waals surface area contributed by atoms with Crippen LogP contribution in [0.3, 0.4) is 0 Å². The Balaban J connectivity index is 2.10. The highest BCUT2D eigenvalue weighted by atomic mass is 19.4. The molecule has 4 nitrogen and oxygen atoms in total. The summed E-state index contributed by atoms with van der Waals surface area (Å²) >= 11 is 0. The standard InChI is InChI=1S/C12H16F3NO3/c1-11(2)3-7(11)9(17)16-4-6(10(18)19)8(5-16)12(13,14)15/h6-8H,3-5H2,1-2H3,(H,18,19)/t6-,7-,8-/m1/s1. The normalized spacial score (nSPS) is 33.3. The number of alkyl halides is 3. The summed E-state index contributed by atoms with van der Waals surface area (Å²) in [6, 6.07) is 0. The minimum atomic E-state index is -4.59. The van der Waals surface area contributed by atoms with Crippen molar-refractivity contribution in [1.29, 1.82) is 0 Å². The maximum Gasteiger partial charge on any atom is 0.394 e. The van der Waals surface area contributed by atoms with Gasteiger partial charge in [-0.25, -0.2) is 0 Å². The van der Waals surface area contributed by atoms with Gasteiger partial charge in [-0.1, -0.05) is 13.8 Å². The zero-order valence-corrected chi connectivity index (χ0v) is 10.7. The largest absolute Gasteiger partial charge is 0.481 e. The zero-order chi connectivity index (χ0) is 14.6. The van der Waals surface area contributed by atoms with E-state index in [2.05, 4.69) is 0 Å². The van der Waals surface area contributed by atoms with Crippen molar-refractivity contribution in [2.24, 2.45) is 23.2 Å². The number of rotatable bonds is 2. The molecule has 2 fully saturated rings. The van der Waals surface area contributed by atoms with Crippen molar-refractivity contribution < 1.29 is 27.9 Å². The van der Waals surface area contributed by atoms with Gasteiger partial charge in [0.25, 0.3) is 0 Å². The van der Waals surface area contributed by atoms with E-state index in [0.717, 1.165) is 4.90 Å². The van der Waals surface area contributed by atoms with Crippen molar-refractivity contribution in [1.82, 2.24) is 4.90 Å². The summed E-state index contributed by atoms with van der Waals surface area (Å²) in [6.45, 7) is 2.87. The number of carbonyl (C=O) groups is 2. The molecular formula is C12H16F3NO3. The van der Waals surface area contributed by atoms with Crippen LogP contribution in [-0.2, 0) is 9.59 Å². The lowest BCUT2D eigenvalue weighted by Crippen LogP contribution is -2.34. The Kier molecular flexibility index (Phi) is 3.06. The fourth-order valence-electron chi connectivity index (χ4n) is 2.67. The van der Waals surface area contributed by atoms with Crippen LogP contribution in [0.25, 0.3) is 0 Å². The van der Waals surface area contributed by atoms with Gasteiger partial charge in [0.1, 0.15) is 0 Å². The first-order chi connectivity index (χ1) is 8.54. The van der Waals surface area contributed by atoms with Crippen LogP contribution in [0.4, 0.5) is 13.2 Å². The first kappa shape index (κ1) is 14.1. The molecule has 1 N–H and O–H groups in total. The number of hydrogen-bond donors (Lipinski definition) is 1. The number of amides is 1. The highest BCUT2D eigenvalue weighted by molar-refractivity contribution is 5.84. The van der Waals surface area contributed by atoms with E-state index in [4.69, 9.17) is 5.11 Å². The fourth-order valence-corrected chi connectivity index (χ4v) is 2.67. The second-order valence-electron chi connectivity index (χ2n) is 6.08. The molecule has 2 rings (SSSR count). The molecule has 1 aliphatic carbocycles. The summed E-state index contributed by atoms with van der Waals surface area (Å²) in [6.07, 6.45) is -3.94. The Morgan fingerprint density at radius 2 is 1.79 bits per heavy atom. The van der Waals surface area contributed by atoms with Crippen LogP contribution in [0.15, 0.2) is 0 Å². The van der Waals surface area contributed by atoms with Gasteiger partial charge in [-0.2, -0.15) is 13.2 Å². The number of likely N-dealkylation sites (tertiary alicyclic amines) is 1. The molecule has 0 aromatic heterocycles.